The van der Waals surface area contributed by atoms with Crippen molar-refractivity contribution in [3.63, 3.8) is 0 Å². The zero-order chi connectivity index (χ0) is 17.7. The lowest BCUT2D eigenvalue weighted by atomic mass is 9.84. The maximum Gasteiger partial charge on any atom is 0.272 e. The first kappa shape index (κ1) is 15.8. The van der Waals surface area contributed by atoms with Crippen LogP contribution < -0.4 is 10.2 Å². The highest BCUT2D eigenvalue weighted by atomic mass is 16.2. The highest BCUT2D eigenvalue weighted by Gasteiger charge is 2.35. The summed E-state index contributed by atoms with van der Waals surface area (Å²) >= 11 is 0. The van der Waals surface area contributed by atoms with Gasteiger partial charge in [0.25, 0.3) is 5.91 Å². The Balaban J connectivity index is 1.41. The number of anilines is 1. The van der Waals surface area contributed by atoms with Crippen molar-refractivity contribution in [1.29, 1.82) is 0 Å². The number of hydrogen-bond acceptors (Lipinski definition) is 4. The molecule has 26 heavy (non-hydrogen) atoms. The molecule has 2 bridgehead atoms. The Morgan fingerprint density at radius 1 is 1.23 bits per heavy atom. The van der Waals surface area contributed by atoms with E-state index in [0.29, 0.717) is 18.0 Å². The number of fused-ring (bicyclic) bond motifs is 4. The fourth-order valence-corrected chi connectivity index (χ4v) is 4.63. The predicted octanol–water partition coefficient (Wildman–Crippen LogP) is 1.51. The fourth-order valence-electron chi connectivity index (χ4n) is 4.63. The molecule has 1 aromatic carbocycles. The highest BCUT2D eigenvalue weighted by Crippen LogP contribution is 2.29. The molecule has 7 heteroatoms. The SMILES string of the molecule is O=C(N[C@@H]1CN2CCC1CC2)c1n[nH]c2ccc(N3CCCC3=O)cc12. The van der Waals surface area contributed by atoms with E-state index < -0.39 is 0 Å². The topological polar surface area (TPSA) is 81.3 Å². The maximum absolute atomic E-state index is 12.9. The first-order valence-electron chi connectivity index (χ1n) is 9.51. The third-order valence-corrected chi connectivity index (χ3v) is 6.12. The lowest BCUT2D eigenvalue weighted by molar-refractivity contribution is -0.117. The Hall–Kier alpha value is -2.41. The van der Waals surface area contributed by atoms with Crippen LogP contribution in [0.5, 0.6) is 0 Å². The molecule has 1 atom stereocenters. The third kappa shape index (κ3) is 2.58. The van der Waals surface area contributed by atoms with Crippen LogP contribution in [0.1, 0.15) is 36.2 Å². The van der Waals surface area contributed by atoms with Crippen molar-refractivity contribution in [3.8, 4) is 0 Å². The average Bonchev–Trinajstić information content (AvgIpc) is 3.28. The molecule has 136 valence electrons. The number of carbonyl (C=O) groups is 2. The predicted molar refractivity (Wildman–Crippen MR) is 98.1 cm³/mol. The van der Waals surface area contributed by atoms with Gasteiger partial charge in [0.15, 0.2) is 5.69 Å². The van der Waals surface area contributed by atoms with E-state index in [1.807, 2.05) is 18.2 Å². The third-order valence-electron chi connectivity index (χ3n) is 6.12. The van der Waals surface area contributed by atoms with Gasteiger partial charge in [0.05, 0.1) is 5.52 Å². The van der Waals surface area contributed by atoms with Crippen LogP contribution in [-0.4, -0.2) is 59.1 Å². The molecule has 0 aliphatic carbocycles. The van der Waals surface area contributed by atoms with Gasteiger partial charge in [-0.15, -0.1) is 0 Å². The van der Waals surface area contributed by atoms with E-state index in [0.717, 1.165) is 62.0 Å². The molecule has 5 heterocycles. The molecule has 6 rings (SSSR count). The van der Waals surface area contributed by atoms with Crippen molar-refractivity contribution in [1.82, 2.24) is 20.4 Å². The van der Waals surface area contributed by atoms with Crippen molar-refractivity contribution >= 4 is 28.4 Å². The number of aromatic nitrogens is 2. The van der Waals surface area contributed by atoms with Crippen molar-refractivity contribution in [2.75, 3.05) is 31.1 Å². The molecule has 1 aromatic heterocycles. The molecular weight excluding hydrogens is 330 g/mol. The van der Waals surface area contributed by atoms with Gasteiger partial charge in [-0.3, -0.25) is 14.7 Å². The number of benzene rings is 1. The number of aromatic amines is 1. The Bertz CT molecular complexity index is 868. The lowest BCUT2D eigenvalue weighted by Gasteiger charge is -2.44. The molecular formula is C19H23N5O2. The maximum atomic E-state index is 12.9. The van der Waals surface area contributed by atoms with Gasteiger partial charge in [0.2, 0.25) is 5.91 Å². The second-order valence-corrected chi connectivity index (χ2v) is 7.67. The summed E-state index contributed by atoms with van der Waals surface area (Å²) in [6.07, 6.45) is 3.80. The summed E-state index contributed by atoms with van der Waals surface area (Å²) in [5.74, 6) is 0.595. The summed E-state index contributed by atoms with van der Waals surface area (Å²) < 4.78 is 0. The minimum absolute atomic E-state index is 0.125. The number of amides is 2. The molecule has 7 nitrogen and oxygen atoms in total. The number of H-pyrrole nitrogens is 1. The van der Waals surface area contributed by atoms with Crippen molar-refractivity contribution in [3.05, 3.63) is 23.9 Å². The zero-order valence-electron chi connectivity index (χ0n) is 14.7. The molecule has 4 saturated heterocycles. The minimum atomic E-state index is -0.125. The summed E-state index contributed by atoms with van der Waals surface area (Å²) in [4.78, 5) is 29.1. The van der Waals surface area contributed by atoms with Gasteiger partial charge in [0, 0.05) is 36.6 Å². The first-order chi connectivity index (χ1) is 12.7. The summed E-state index contributed by atoms with van der Waals surface area (Å²) in [5, 5.41) is 11.2. The Morgan fingerprint density at radius 2 is 2.08 bits per heavy atom. The van der Waals surface area contributed by atoms with E-state index in [9.17, 15) is 9.59 Å². The van der Waals surface area contributed by atoms with Crippen LogP contribution in [0.4, 0.5) is 5.69 Å². The molecule has 4 aliphatic heterocycles. The van der Waals surface area contributed by atoms with Gasteiger partial charge in [-0.1, -0.05) is 0 Å². The summed E-state index contributed by atoms with van der Waals surface area (Å²) in [6, 6.07) is 5.93. The van der Waals surface area contributed by atoms with Crippen LogP contribution >= 0.6 is 0 Å². The van der Waals surface area contributed by atoms with Crippen molar-refractivity contribution < 1.29 is 9.59 Å². The Kier molecular flexibility index (Phi) is 3.70. The van der Waals surface area contributed by atoms with E-state index in [1.54, 1.807) is 4.90 Å². The molecule has 0 unspecified atom stereocenters. The van der Waals surface area contributed by atoms with Crippen molar-refractivity contribution in [2.24, 2.45) is 5.92 Å². The Labute approximate surface area is 151 Å². The second kappa shape index (κ2) is 6.09. The number of piperidine rings is 3. The molecule has 0 spiro atoms. The van der Waals surface area contributed by atoms with Crippen LogP contribution in [0.2, 0.25) is 0 Å². The van der Waals surface area contributed by atoms with Crippen LogP contribution in [0.3, 0.4) is 0 Å². The molecule has 0 saturated carbocycles. The Morgan fingerprint density at radius 3 is 2.77 bits per heavy atom. The summed E-state index contributed by atoms with van der Waals surface area (Å²) in [6.45, 7) is 3.97. The summed E-state index contributed by atoms with van der Waals surface area (Å²) in [5.41, 5.74) is 2.09. The van der Waals surface area contributed by atoms with E-state index in [4.69, 9.17) is 0 Å². The van der Waals surface area contributed by atoms with Gasteiger partial charge in [0.1, 0.15) is 0 Å². The highest BCUT2D eigenvalue weighted by molar-refractivity contribution is 6.06. The average molecular weight is 353 g/mol. The van der Waals surface area contributed by atoms with Gasteiger partial charge < -0.3 is 15.1 Å². The van der Waals surface area contributed by atoms with E-state index >= 15 is 0 Å². The monoisotopic (exact) mass is 353 g/mol. The number of hydrogen-bond donors (Lipinski definition) is 2. The van der Waals surface area contributed by atoms with E-state index in [-0.39, 0.29) is 17.9 Å². The van der Waals surface area contributed by atoms with E-state index in [2.05, 4.69) is 20.4 Å². The quantitative estimate of drug-likeness (QED) is 0.876. The number of nitrogens with one attached hydrogen (secondary N) is 2. The molecule has 2 aromatic rings. The molecule has 4 aliphatic rings. The first-order valence-corrected chi connectivity index (χ1v) is 9.51. The lowest BCUT2D eigenvalue weighted by Crippen LogP contribution is -2.57. The van der Waals surface area contributed by atoms with E-state index in [1.165, 1.54) is 0 Å². The number of rotatable bonds is 3. The molecule has 0 radical (unpaired) electrons. The fraction of sp³-hybridized carbons (Fsp3) is 0.526. The van der Waals surface area contributed by atoms with Crippen LogP contribution in [0, 0.1) is 5.92 Å². The van der Waals surface area contributed by atoms with Gasteiger partial charge in [-0.2, -0.15) is 5.10 Å². The molecule has 2 N–H and O–H groups in total. The number of carbonyl (C=O) groups excluding carboxylic acids is 2. The van der Waals surface area contributed by atoms with Crippen molar-refractivity contribution in [2.45, 2.75) is 31.7 Å². The minimum Gasteiger partial charge on any atom is -0.346 e. The molecule has 2 amide bonds. The van der Waals surface area contributed by atoms with Gasteiger partial charge in [-0.05, 0) is 56.5 Å². The summed E-state index contributed by atoms with van der Waals surface area (Å²) in [7, 11) is 0. The van der Waals surface area contributed by atoms with Gasteiger partial charge in [-0.25, -0.2) is 0 Å². The zero-order valence-corrected chi connectivity index (χ0v) is 14.7. The molecule has 4 fully saturated rings. The van der Waals surface area contributed by atoms with Crippen LogP contribution in [-0.2, 0) is 4.79 Å². The normalized spacial score (nSPS) is 28.1. The van der Waals surface area contributed by atoms with Crippen LogP contribution in [0.25, 0.3) is 10.9 Å². The number of nitrogens with zero attached hydrogens (tertiary/aromatic N) is 3. The van der Waals surface area contributed by atoms with Crippen LogP contribution in [0.15, 0.2) is 18.2 Å². The van der Waals surface area contributed by atoms with Gasteiger partial charge >= 0.3 is 0 Å². The standard InChI is InChI=1S/C19H23N5O2/c25-17-2-1-7-24(17)13-3-4-15-14(10-13)18(22-21-15)19(26)20-16-11-23-8-5-12(16)6-9-23/h3-4,10,12,16H,1-2,5-9,11H2,(H,20,26)(H,21,22)/t16-/m1/s1. The second-order valence-electron chi connectivity index (χ2n) is 7.67. The smallest absolute Gasteiger partial charge is 0.272 e. The largest absolute Gasteiger partial charge is 0.346 e.